The number of hydrogen-bond donors (Lipinski definition) is 3. The molecule has 49 heavy (non-hydrogen) atoms. The Bertz CT molecular complexity index is 1690. The zero-order chi connectivity index (χ0) is 35.1. The Kier molecular flexibility index (Phi) is 10.1. The van der Waals surface area contributed by atoms with Crippen LogP contribution < -0.4 is 4.74 Å². The summed E-state index contributed by atoms with van der Waals surface area (Å²) in [6, 6.07) is 3.17. The minimum atomic E-state index is -1.43. The van der Waals surface area contributed by atoms with Gasteiger partial charge in [0, 0.05) is 40.7 Å². The summed E-state index contributed by atoms with van der Waals surface area (Å²) >= 11 is 0. The third-order valence-corrected chi connectivity index (χ3v) is 10.9. The van der Waals surface area contributed by atoms with Gasteiger partial charge in [0.2, 0.25) is 0 Å². The van der Waals surface area contributed by atoms with Gasteiger partial charge in [-0.25, -0.2) is 10.7 Å². The van der Waals surface area contributed by atoms with Crippen LogP contribution in [0.3, 0.4) is 0 Å². The number of ether oxygens (including phenoxy) is 3. The van der Waals surface area contributed by atoms with E-state index < -0.39 is 58.7 Å². The number of aliphatic carboxylic acids is 1. The summed E-state index contributed by atoms with van der Waals surface area (Å²) in [5.41, 5.74) is -0.879. The molecule has 0 amide bonds. The molecule has 3 fully saturated rings. The first kappa shape index (κ1) is 37.6. The Morgan fingerprint density at radius 2 is 1.82 bits per heavy atom. The largest absolute Gasteiger partial charge is 2.00 e. The van der Waals surface area contributed by atoms with Crippen molar-refractivity contribution in [3.05, 3.63) is 69.7 Å². The second-order valence-corrected chi connectivity index (χ2v) is 15.4. The summed E-state index contributed by atoms with van der Waals surface area (Å²) in [6.45, 7) is 15.1. The minimum Gasteiger partial charge on any atom is -0.551 e. The molecule has 4 bridgehead atoms. The number of epoxide rings is 1. The van der Waals surface area contributed by atoms with Crippen LogP contribution in [0.15, 0.2) is 41.0 Å². The first-order valence-electron chi connectivity index (χ1n) is 16.8. The third kappa shape index (κ3) is 6.42. The summed E-state index contributed by atoms with van der Waals surface area (Å²) in [7, 11) is 0. The van der Waals surface area contributed by atoms with Gasteiger partial charge in [-0.15, -0.1) is 24.6 Å². The van der Waals surface area contributed by atoms with Crippen molar-refractivity contribution in [2.24, 2.45) is 17.8 Å². The van der Waals surface area contributed by atoms with Crippen LogP contribution in [0, 0.1) is 60.9 Å². The van der Waals surface area contributed by atoms with Gasteiger partial charge in [0.25, 0.3) is 0 Å². The Hall–Kier alpha value is -2.61. The predicted molar refractivity (Wildman–Crippen MR) is 178 cm³/mol. The van der Waals surface area contributed by atoms with E-state index in [-0.39, 0.29) is 88.6 Å². The molecule has 0 aromatic heterocycles. The molecule has 0 spiro atoms. The molecule has 3 aliphatic carbocycles. The fourth-order valence-corrected chi connectivity index (χ4v) is 8.18. The first-order chi connectivity index (χ1) is 22.4. The molecular weight excluding hydrogens is 850 g/mol. The Morgan fingerprint density at radius 1 is 1.14 bits per heavy atom. The van der Waals surface area contributed by atoms with Crippen LogP contribution in [0.4, 0.5) is 0 Å². The number of ketones is 2. The molecule has 2 saturated heterocycles. The Labute approximate surface area is 312 Å². The molecule has 6 unspecified atom stereocenters. The number of carbonyl (C=O) groups excluding carboxylic acids is 2. The number of rotatable bonds is 10. The topological polar surface area (TPSA) is 143 Å². The second-order valence-electron chi connectivity index (χ2n) is 15.4. The van der Waals surface area contributed by atoms with E-state index in [9.17, 15) is 29.7 Å². The van der Waals surface area contributed by atoms with E-state index in [1.807, 2.05) is 54.5 Å². The Balaban J connectivity index is 0.00000468. The summed E-state index contributed by atoms with van der Waals surface area (Å²) in [6.07, 6.45) is 8.29. The summed E-state index contributed by atoms with van der Waals surface area (Å²) in [5, 5.41) is 32.9. The molecule has 10 heteroatoms. The van der Waals surface area contributed by atoms with Gasteiger partial charge in [0.15, 0.2) is 11.6 Å². The van der Waals surface area contributed by atoms with Crippen LogP contribution in [0.2, 0.25) is 0 Å². The van der Waals surface area contributed by atoms with Crippen molar-refractivity contribution in [3.8, 4) is 11.5 Å². The minimum absolute atomic E-state index is 0. The molecule has 0 radical (unpaired) electrons. The van der Waals surface area contributed by atoms with Gasteiger partial charge < -0.3 is 29.5 Å². The number of aromatic hydroxyl groups is 1. The van der Waals surface area contributed by atoms with E-state index in [0.717, 1.165) is 18.8 Å². The number of carboxylic acids is 1. The molecule has 6 aliphatic rings. The molecule has 7 rings (SSSR count). The van der Waals surface area contributed by atoms with Crippen molar-refractivity contribution in [1.82, 2.24) is 0 Å². The number of benzene rings is 1. The summed E-state index contributed by atoms with van der Waals surface area (Å²) in [4.78, 5) is 40.5. The van der Waals surface area contributed by atoms with E-state index in [1.54, 1.807) is 12.2 Å². The van der Waals surface area contributed by atoms with Crippen LogP contribution in [0.5, 0.6) is 11.5 Å². The van der Waals surface area contributed by atoms with Gasteiger partial charge >= 0.3 is 37.1 Å². The van der Waals surface area contributed by atoms with E-state index in [4.69, 9.17) is 14.2 Å². The standard InChI is InChI=1S/C39H46O9.U/c1-19(2)10-9-11-20(3)12-13-22-16-25(31(42)35-38(7,8)47-35)32-27(29(22)40)30(41)24-17-23-18-26-28(33(24)46-32)39(34(23)43,48-37(26,5)6)15-14-21(4)36(44)45;/h10,12-14,17,23,26,28,31,33,35,40,42H,9,11,15,18H2,1-8H3,(H,44,45);/q-2;+2/b13-12?,21-14-;/t23-,26?,28?,31?,33?,35?,39?;/m1./s1. The number of allylic oxidation sites excluding steroid dienone is 4. The molecule has 1 saturated carbocycles. The second kappa shape index (κ2) is 13.2. The van der Waals surface area contributed by atoms with Crippen molar-refractivity contribution in [1.29, 1.82) is 0 Å². The number of aliphatic hydroxyl groups excluding tert-OH is 1. The quantitative estimate of drug-likeness (QED) is 0.105. The fourth-order valence-electron chi connectivity index (χ4n) is 8.18. The summed E-state index contributed by atoms with van der Waals surface area (Å²) in [5.74, 6) is -2.50. The number of fused-ring (bicyclic) bond motifs is 1. The number of carboxylic acid groups (broad SMARTS) is 1. The van der Waals surface area contributed by atoms with Crippen LogP contribution in [0.1, 0.15) is 109 Å². The average molecular weight is 897 g/mol. The Morgan fingerprint density at radius 3 is 2.43 bits per heavy atom. The summed E-state index contributed by atoms with van der Waals surface area (Å²) < 4.78 is 19.2. The number of phenolic OH excluding ortho intramolecular Hbond substituents is 1. The normalized spacial score (nSPS) is 30.8. The van der Waals surface area contributed by atoms with E-state index in [0.29, 0.717) is 6.42 Å². The third-order valence-electron chi connectivity index (χ3n) is 10.9. The first-order valence-corrected chi connectivity index (χ1v) is 16.8. The SMILES string of the molecule is CC(C)=CCC[C-](C)C=Cc1[c-]c(C(O)C2OC2(C)C)c2c(c1O)C(=O)C1=C[C@@H]3CC4C(C1O2)C(C/C=C(/C)C(=O)O)(OC4(C)C)C3=O.[U+2]. The zero-order valence-corrected chi connectivity index (χ0v) is 33.6. The molecular formula is C39H46O9U. The monoisotopic (exact) mass is 896 g/mol. The van der Waals surface area contributed by atoms with Gasteiger partial charge in [-0.05, 0) is 67.2 Å². The van der Waals surface area contributed by atoms with E-state index >= 15 is 0 Å². The van der Waals surface area contributed by atoms with Gasteiger partial charge in [-0.1, -0.05) is 35.8 Å². The molecule has 1 aromatic rings. The van der Waals surface area contributed by atoms with Crippen LogP contribution >= 0.6 is 0 Å². The number of Topliss-reactive ketones (excluding diaryl/α,β-unsaturated/α-hetero) is 2. The maximum absolute atomic E-state index is 14.6. The molecule has 7 atom stereocenters. The van der Waals surface area contributed by atoms with Crippen molar-refractivity contribution in [2.45, 2.75) is 116 Å². The van der Waals surface area contributed by atoms with E-state index in [2.05, 4.69) is 12.1 Å². The number of hydrogen-bond acceptors (Lipinski definition) is 8. The van der Waals surface area contributed by atoms with Crippen LogP contribution in [-0.2, 0) is 19.1 Å². The molecule has 260 valence electrons. The molecule has 1 aromatic carbocycles. The smallest absolute Gasteiger partial charge is 0.551 e. The van der Waals surface area contributed by atoms with Crippen molar-refractivity contribution < 1.29 is 75.0 Å². The molecule has 9 nitrogen and oxygen atoms in total. The van der Waals surface area contributed by atoms with Crippen LogP contribution in [0.25, 0.3) is 6.08 Å². The van der Waals surface area contributed by atoms with Gasteiger partial charge in [0.1, 0.15) is 17.8 Å². The maximum atomic E-state index is 14.6. The average Bonchev–Trinajstić information content (AvgIpc) is 3.66. The molecule has 3 N–H and O–H groups in total. The predicted octanol–water partition coefficient (Wildman–Crippen LogP) is 6.43. The zero-order valence-electron chi connectivity index (χ0n) is 29.5. The van der Waals surface area contributed by atoms with Crippen molar-refractivity contribution in [2.75, 3.05) is 0 Å². The molecule has 3 aliphatic heterocycles. The van der Waals surface area contributed by atoms with Crippen molar-refractivity contribution in [3.63, 3.8) is 0 Å². The molecule has 3 heterocycles. The van der Waals surface area contributed by atoms with E-state index in [1.165, 1.54) is 18.6 Å². The number of carbonyl (C=O) groups is 3. The number of phenols is 1. The van der Waals surface area contributed by atoms with Crippen LogP contribution in [-0.4, -0.2) is 61.9 Å². The number of aliphatic hydroxyl groups is 1. The van der Waals surface area contributed by atoms with Gasteiger partial charge in [-0.2, -0.15) is 6.08 Å². The van der Waals surface area contributed by atoms with Gasteiger partial charge in [-0.3, -0.25) is 9.59 Å². The van der Waals surface area contributed by atoms with Gasteiger partial charge in [0.05, 0.1) is 23.1 Å². The fraction of sp³-hybridized carbons (Fsp3) is 0.538. The maximum Gasteiger partial charge on any atom is 2.00 e. The van der Waals surface area contributed by atoms with Crippen molar-refractivity contribution >= 4 is 23.6 Å².